The molecule has 1 aromatic heterocycles. The Labute approximate surface area is 175 Å². The average Bonchev–Trinajstić information content (AvgIpc) is 3.26. The molecule has 0 saturated heterocycles. The van der Waals surface area contributed by atoms with Gasteiger partial charge in [0.1, 0.15) is 11.4 Å². The van der Waals surface area contributed by atoms with Crippen molar-refractivity contribution in [2.45, 2.75) is 19.6 Å². The number of nitrogens with zero attached hydrogens (tertiary/aromatic N) is 3. The van der Waals surface area contributed by atoms with E-state index in [1.807, 2.05) is 73.7 Å². The summed E-state index contributed by atoms with van der Waals surface area (Å²) in [5.41, 5.74) is 5.00. The van der Waals surface area contributed by atoms with Gasteiger partial charge < -0.3 is 4.74 Å². The second kappa shape index (κ2) is 10.7. The topological polar surface area (TPSA) is 78.3 Å². The highest BCUT2D eigenvalue weighted by atomic mass is 16.6. The lowest BCUT2D eigenvalue weighted by Gasteiger charge is -2.05. The van der Waals surface area contributed by atoms with Crippen molar-refractivity contribution in [3.63, 3.8) is 0 Å². The molecule has 30 heavy (non-hydrogen) atoms. The van der Waals surface area contributed by atoms with Gasteiger partial charge in [-0.15, -0.1) is 5.10 Å². The Hall–Kier alpha value is -3.71. The number of nitrogens with one attached hydrogen (secondary N) is 1. The lowest BCUT2D eigenvalue weighted by atomic mass is 10.2. The lowest BCUT2D eigenvalue weighted by Crippen LogP contribution is -2.21. The van der Waals surface area contributed by atoms with Crippen molar-refractivity contribution >= 4 is 18.1 Å². The molecular weight excluding hydrogens is 380 g/mol. The molecule has 154 valence electrons. The predicted octanol–water partition coefficient (Wildman–Crippen LogP) is 3.82. The SMILES string of the molecule is COc1ccc(CONC(=O)/C=C/c2cn(C(C)/C=C/c3ccccc3)nn2)cc1. The Bertz CT molecular complexity index is 995. The van der Waals surface area contributed by atoms with Gasteiger partial charge in [-0.1, -0.05) is 59.8 Å². The normalized spacial score (nSPS) is 12.3. The highest BCUT2D eigenvalue weighted by Crippen LogP contribution is 2.12. The number of rotatable bonds is 9. The smallest absolute Gasteiger partial charge is 0.267 e. The Morgan fingerprint density at radius 3 is 2.63 bits per heavy atom. The number of allylic oxidation sites excluding steroid dienone is 1. The Balaban J connectivity index is 1.45. The summed E-state index contributed by atoms with van der Waals surface area (Å²) in [6.07, 6.45) is 8.80. The molecule has 1 heterocycles. The first kappa shape index (κ1) is 21.0. The van der Waals surface area contributed by atoms with E-state index in [4.69, 9.17) is 9.57 Å². The van der Waals surface area contributed by atoms with E-state index in [2.05, 4.69) is 15.8 Å². The van der Waals surface area contributed by atoms with Crippen molar-refractivity contribution < 1.29 is 14.4 Å². The van der Waals surface area contributed by atoms with Crippen molar-refractivity contribution in [3.8, 4) is 5.75 Å². The van der Waals surface area contributed by atoms with Gasteiger partial charge in [0.05, 0.1) is 26.0 Å². The maximum Gasteiger partial charge on any atom is 0.267 e. The van der Waals surface area contributed by atoms with E-state index >= 15 is 0 Å². The van der Waals surface area contributed by atoms with Crippen LogP contribution in [0.1, 0.15) is 29.8 Å². The van der Waals surface area contributed by atoms with Crippen LogP contribution >= 0.6 is 0 Å². The number of hydrogen-bond acceptors (Lipinski definition) is 5. The molecule has 0 aliphatic heterocycles. The zero-order valence-corrected chi connectivity index (χ0v) is 16.9. The van der Waals surface area contributed by atoms with Crippen molar-refractivity contribution in [2.75, 3.05) is 7.11 Å². The molecule has 0 aliphatic rings. The van der Waals surface area contributed by atoms with Gasteiger partial charge in [-0.2, -0.15) is 0 Å². The number of carbonyl (C=O) groups is 1. The van der Waals surface area contributed by atoms with Gasteiger partial charge in [-0.05, 0) is 36.3 Å². The van der Waals surface area contributed by atoms with Crippen molar-refractivity contribution in [3.05, 3.63) is 89.8 Å². The molecule has 1 N–H and O–H groups in total. The molecule has 0 saturated carbocycles. The summed E-state index contributed by atoms with van der Waals surface area (Å²) in [5, 5.41) is 8.18. The fraction of sp³-hybridized carbons (Fsp3) is 0.174. The van der Waals surface area contributed by atoms with Crippen LogP contribution in [-0.2, 0) is 16.2 Å². The second-order valence-corrected chi connectivity index (χ2v) is 6.57. The molecule has 7 nitrogen and oxygen atoms in total. The average molecular weight is 404 g/mol. The molecule has 0 radical (unpaired) electrons. The first-order chi connectivity index (χ1) is 14.6. The standard InChI is InChI=1S/C23H24N4O3/c1-18(8-9-19-6-4-3-5-7-19)27-16-21(24-26-27)12-15-23(28)25-30-17-20-10-13-22(29-2)14-11-20/h3-16,18H,17H2,1-2H3,(H,25,28)/b9-8+,15-12+. The van der Waals surface area contributed by atoms with Crippen LogP contribution in [-0.4, -0.2) is 28.0 Å². The maximum absolute atomic E-state index is 11.9. The van der Waals surface area contributed by atoms with E-state index in [0.29, 0.717) is 5.69 Å². The summed E-state index contributed by atoms with van der Waals surface area (Å²) in [6, 6.07) is 17.5. The van der Waals surface area contributed by atoms with Gasteiger partial charge in [0.15, 0.2) is 0 Å². The monoisotopic (exact) mass is 404 g/mol. The first-order valence-corrected chi connectivity index (χ1v) is 9.52. The highest BCUT2D eigenvalue weighted by Gasteiger charge is 2.04. The summed E-state index contributed by atoms with van der Waals surface area (Å²) in [6.45, 7) is 2.27. The molecule has 2 aromatic carbocycles. The number of hydroxylamine groups is 1. The van der Waals surface area contributed by atoms with Gasteiger partial charge in [0, 0.05) is 6.08 Å². The van der Waals surface area contributed by atoms with Gasteiger partial charge in [0.25, 0.3) is 5.91 Å². The van der Waals surface area contributed by atoms with Gasteiger partial charge in [-0.3, -0.25) is 9.63 Å². The molecule has 0 bridgehead atoms. The van der Waals surface area contributed by atoms with E-state index in [9.17, 15) is 4.79 Å². The van der Waals surface area contributed by atoms with Crippen LogP contribution in [0.15, 0.2) is 72.9 Å². The molecule has 1 amide bonds. The molecule has 7 heteroatoms. The molecule has 3 rings (SSSR count). The molecule has 1 atom stereocenters. The molecule has 1 unspecified atom stereocenters. The summed E-state index contributed by atoms with van der Waals surface area (Å²) in [5.74, 6) is 0.388. The number of amides is 1. The van der Waals surface area contributed by atoms with Crippen LogP contribution in [0.3, 0.4) is 0 Å². The minimum absolute atomic E-state index is 0.0292. The van der Waals surface area contributed by atoms with Crippen LogP contribution in [0.25, 0.3) is 12.2 Å². The van der Waals surface area contributed by atoms with E-state index in [1.165, 1.54) is 6.08 Å². The van der Waals surface area contributed by atoms with Gasteiger partial charge >= 0.3 is 0 Å². The van der Waals surface area contributed by atoms with Crippen molar-refractivity contribution in [1.82, 2.24) is 20.5 Å². The van der Waals surface area contributed by atoms with Crippen molar-refractivity contribution in [1.29, 1.82) is 0 Å². The van der Waals surface area contributed by atoms with E-state index in [-0.39, 0.29) is 18.6 Å². The summed E-state index contributed by atoms with van der Waals surface area (Å²) >= 11 is 0. The number of aromatic nitrogens is 3. The van der Waals surface area contributed by atoms with Crippen LogP contribution in [0.4, 0.5) is 0 Å². The lowest BCUT2D eigenvalue weighted by molar-refractivity contribution is -0.129. The third-order valence-corrected chi connectivity index (χ3v) is 4.29. The second-order valence-electron chi connectivity index (χ2n) is 6.57. The van der Waals surface area contributed by atoms with Gasteiger partial charge in [-0.25, -0.2) is 10.2 Å². The Kier molecular flexibility index (Phi) is 7.51. The van der Waals surface area contributed by atoms with Crippen molar-refractivity contribution in [2.24, 2.45) is 0 Å². The number of benzene rings is 2. The summed E-state index contributed by atoms with van der Waals surface area (Å²) < 4.78 is 6.83. The fourth-order valence-corrected chi connectivity index (χ4v) is 2.58. The predicted molar refractivity (Wildman–Crippen MR) is 115 cm³/mol. The minimum Gasteiger partial charge on any atom is -0.497 e. The number of ether oxygens (including phenoxy) is 1. The fourth-order valence-electron chi connectivity index (χ4n) is 2.58. The van der Waals surface area contributed by atoms with Crippen LogP contribution in [0.5, 0.6) is 5.75 Å². The molecule has 0 spiro atoms. The van der Waals surface area contributed by atoms with Crippen LogP contribution in [0.2, 0.25) is 0 Å². The van der Waals surface area contributed by atoms with Crippen LogP contribution in [0, 0.1) is 0 Å². The quantitative estimate of drug-likeness (QED) is 0.433. The summed E-state index contributed by atoms with van der Waals surface area (Å²) in [7, 11) is 1.61. The van der Waals surface area contributed by atoms with E-state index in [1.54, 1.807) is 24.1 Å². The number of hydrogen-bond donors (Lipinski definition) is 1. The van der Waals surface area contributed by atoms with E-state index < -0.39 is 0 Å². The molecular formula is C23H24N4O3. The first-order valence-electron chi connectivity index (χ1n) is 9.52. The number of methoxy groups -OCH3 is 1. The van der Waals surface area contributed by atoms with Crippen LogP contribution < -0.4 is 10.2 Å². The molecule has 0 aliphatic carbocycles. The zero-order valence-electron chi connectivity index (χ0n) is 16.9. The third-order valence-electron chi connectivity index (χ3n) is 4.29. The molecule has 3 aromatic rings. The zero-order chi connectivity index (χ0) is 21.2. The highest BCUT2D eigenvalue weighted by molar-refractivity contribution is 5.90. The van der Waals surface area contributed by atoms with Gasteiger partial charge in [0.2, 0.25) is 0 Å². The summed E-state index contributed by atoms with van der Waals surface area (Å²) in [4.78, 5) is 17.1. The maximum atomic E-state index is 11.9. The number of carbonyl (C=O) groups excluding carboxylic acids is 1. The third kappa shape index (κ3) is 6.42. The largest absolute Gasteiger partial charge is 0.497 e. The Morgan fingerprint density at radius 1 is 1.13 bits per heavy atom. The van der Waals surface area contributed by atoms with E-state index in [0.717, 1.165) is 16.9 Å². The Morgan fingerprint density at radius 2 is 1.90 bits per heavy atom. The minimum atomic E-state index is -0.380. The molecule has 0 fully saturated rings.